The average Bonchev–Trinajstić information content (AvgIpc) is 2.92. The van der Waals surface area contributed by atoms with Gasteiger partial charge in [-0.3, -0.25) is 9.59 Å². The minimum Gasteiger partial charge on any atom is -0.339 e. The summed E-state index contributed by atoms with van der Waals surface area (Å²) in [5.41, 5.74) is 0.690. The van der Waals surface area contributed by atoms with Crippen LogP contribution in [0.4, 0.5) is 5.69 Å². The minimum atomic E-state index is -0.576. The zero-order chi connectivity index (χ0) is 15.7. The standard InChI is InChI=1S/C15H17Cl2N3O2.ClH/c16-12-2-1-10(9-13(12)17)20-6-3-11(15(20)22)14(21)19-7-4-18-5-8-19;/h1-2,9,11,18H,3-8H2;1H. The van der Waals surface area contributed by atoms with Crippen LogP contribution in [0.25, 0.3) is 0 Å². The summed E-state index contributed by atoms with van der Waals surface area (Å²) in [6, 6.07) is 5.08. The van der Waals surface area contributed by atoms with E-state index in [1.807, 2.05) is 0 Å². The summed E-state index contributed by atoms with van der Waals surface area (Å²) in [5.74, 6) is -0.788. The first-order valence-electron chi connectivity index (χ1n) is 7.34. The van der Waals surface area contributed by atoms with Gasteiger partial charge in [0.25, 0.3) is 0 Å². The largest absolute Gasteiger partial charge is 0.339 e. The molecular formula is C15H18Cl3N3O2. The lowest BCUT2D eigenvalue weighted by molar-refractivity contribution is -0.140. The molecule has 2 saturated heterocycles. The number of rotatable bonds is 2. The number of hydrogen-bond acceptors (Lipinski definition) is 3. The van der Waals surface area contributed by atoms with Crippen LogP contribution in [0.5, 0.6) is 0 Å². The van der Waals surface area contributed by atoms with Crippen LogP contribution in [0.1, 0.15) is 6.42 Å². The molecule has 1 N–H and O–H groups in total. The number of nitrogens with one attached hydrogen (secondary N) is 1. The van der Waals surface area contributed by atoms with Crippen molar-refractivity contribution >= 4 is 53.1 Å². The van der Waals surface area contributed by atoms with Gasteiger partial charge in [0.1, 0.15) is 5.92 Å². The first kappa shape index (κ1) is 18.3. The molecule has 8 heteroatoms. The Morgan fingerprint density at radius 2 is 1.83 bits per heavy atom. The summed E-state index contributed by atoms with van der Waals surface area (Å²) in [5, 5.41) is 4.06. The third kappa shape index (κ3) is 3.74. The summed E-state index contributed by atoms with van der Waals surface area (Å²) >= 11 is 11.9. The monoisotopic (exact) mass is 377 g/mol. The van der Waals surface area contributed by atoms with E-state index in [2.05, 4.69) is 5.32 Å². The molecular weight excluding hydrogens is 361 g/mol. The Bertz CT molecular complexity index is 606. The Kier molecular flexibility index (Phi) is 6.14. The fourth-order valence-electron chi connectivity index (χ4n) is 2.92. The average molecular weight is 379 g/mol. The van der Waals surface area contributed by atoms with Gasteiger partial charge in [-0.15, -0.1) is 12.4 Å². The lowest BCUT2D eigenvalue weighted by Gasteiger charge is -2.29. The zero-order valence-corrected chi connectivity index (χ0v) is 14.8. The quantitative estimate of drug-likeness (QED) is 0.803. The van der Waals surface area contributed by atoms with Crippen molar-refractivity contribution in [1.29, 1.82) is 0 Å². The summed E-state index contributed by atoms with van der Waals surface area (Å²) in [4.78, 5) is 28.5. The van der Waals surface area contributed by atoms with Crippen LogP contribution in [0.2, 0.25) is 10.0 Å². The van der Waals surface area contributed by atoms with Crippen LogP contribution in [0, 0.1) is 5.92 Å². The number of benzene rings is 1. The Labute approximate surface area is 151 Å². The van der Waals surface area contributed by atoms with Crippen molar-refractivity contribution in [2.45, 2.75) is 6.42 Å². The van der Waals surface area contributed by atoms with Gasteiger partial charge in [-0.05, 0) is 24.6 Å². The van der Waals surface area contributed by atoms with Gasteiger partial charge in [-0.1, -0.05) is 23.2 Å². The zero-order valence-electron chi connectivity index (χ0n) is 12.4. The number of carbonyl (C=O) groups is 2. The normalized spacial score (nSPS) is 21.3. The highest BCUT2D eigenvalue weighted by Gasteiger charge is 2.39. The highest BCUT2D eigenvalue weighted by Crippen LogP contribution is 2.31. The number of nitrogens with zero attached hydrogens (tertiary/aromatic N) is 2. The van der Waals surface area contributed by atoms with Crippen LogP contribution in [0.15, 0.2) is 18.2 Å². The molecule has 23 heavy (non-hydrogen) atoms. The van der Waals surface area contributed by atoms with Crippen LogP contribution in [0.3, 0.4) is 0 Å². The lowest BCUT2D eigenvalue weighted by atomic mass is 10.1. The second-order valence-corrected chi connectivity index (χ2v) is 6.32. The Hall–Kier alpha value is -1.01. The number of amides is 2. The van der Waals surface area contributed by atoms with Gasteiger partial charge < -0.3 is 15.1 Å². The van der Waals surface area contributed by atoms with Crippen LogP contribution in [-0.4, -0.2) is 49.4 Å². The van der Waals surface area contributed by atoms with Gasteiger partial charge in [-0.25, -0.2) is 0 Å². The fraction of sp³-hybridized carbons (Fsp3) is 0.467. The van der Waals surface area contributed by atoms with Crippen LogP contribution < -0.4 is 10.2 Å². The molecule has 5 nitrogen and oxygen atoms in total. The van der Waals surface area contributed by atoms with E-state index in [0.717, 1.165) is 13.1 Å². The molecule has 0 saturated carbocycles. The third-order valence-electron chi connectivity index (χ3n) is 4.15. The molecule has 1 atom stereocenters. The molecule has 1 unspecified atom stereocenters. The molecule has 2 heterocycles. The van der Waals surface area contributed by atoms with E-state index in [1.54, 1.807) is 28.0 Å². The molecule has 0 spiro atoms. The first-order chi connectivity index (χ1) is 10.6. The Morgan fingerprint density at radius 3 is 2.48 bits per heavy atom. The van der Waals surface area contributed by atoms with E-state index in [9.17, 15) is 9.59 Å². The van der Waals surface area contributed by atoms with Gasteiger partial charge in [0, 0.05) is 38.4 Å². The number of carbonyl (C=O) groups excluding carboxylic acids is 2. The van der Waals surface area contributed by atoms with Crippen molar-refractivity contribution < 1.29 is 9.59 Å². The second kappa shape index (κ2) is 7.71. The third-order valence-corrected chi connectivity index (χ3v) is 4.89. The van der Waals surface area contributed by atoms with E-state index in [1.165, 1.54) is 0 Å². The maximum absolute atomic E-state index is 12.6. The van der Waals surface area contributed by atoms with Crippen molar-refractivity contribution in [3.63, 3.8) is 0 Å². The van der Waals surface area contributed by atoms with Crippen molar-refractivity contribution in [2.24, 2.45) is 5.92 Å². The number of anilines is 1. The first-order valence-corrected chi connectivity index (χ1v) is 8.09. The van der Waals surface area contributed by atoms with Crippen LogP contribution in [-0.2, 0) is 9.59 Å². The molecule has 2 aliphatic heterocycles. The highest BCUT2D eigenvalue weighted by atomic mass is 35.5. The summed E-state index contributed by atoms with van der Waals surface area (Å²) < 4.78 is 0. The fourth-order valence-corrected chi connectivity index (χ4v) is 3.22. The Balaban J connectivity index is 0.00000192. The van der Waals surface area contributed by atoms with Crippen molar-refractivity contribution in [1.82, 2.24) is 10.2 Å². The maximum Gasteiger partial charge on any atom is 0.239 e. The summed E-state index contributed by atoms with van der Waals surface area (Å²) in [6.07, 6.45) is 0.543. The Morgan fingerprint density at radius 1 is 1.13 bits per heavy atom. The van der Waals surface area contributed by atoms with Gasteiger partial charge in [-0.2, -0.15) is 0 Å². The van der Waals surface area contributed by atoms with E-state index in [0.29, 0.717) is 41.8 Å². The van der Waals surface area contributed by atoms with Crippen LogP contribution >= 0.6 is 35.6 Å². The van der Waals surface area contributed by atoms with E-state index in [-0.39, 0.29) is 24.2 Å². The van der Waals surface area contributed by atoms with Crippen molar-refractivity contribution in [3.05, 3.63) is 28.2 Å². The van der Waals surface area contributed by atoms with E-state index >= 15 is 0 Å². The van der Waals surface area contributed by atoms with Gasteiger partial charge in [0.2, 0.25) is 11.8 Å². The summed E-state index contributed by atoms with van der Waals surface area (Å²) in [6.45, 7) is 3.41. The second-order valence-electron chi connectivity index (χ2n) is 5.50. The lowest BCUT2D eigenvalue weighted by Crippen LogP contribution is -2.49. The highest BCUT2D eigenvalue weighted by molar-refractivity contribution is 6.42. The maximum atomic E-state index is 12.6. The number of halogens is 3. The molecule has 0 aromatic heterocycles. The molecule has 3 rings (SSSR count). The van der Waals surface area contributed by atoms with Gasteiger partial charge in [0.15, 0.2) is 0 Å². The minimum absolute atomic E-state index is 0. The molecule has 2 fully saturated rings. The molecule has 1 aromatic rings. The van der Waals surface area contributed by atoms with E-state index < -0.39 is 5.92 Å². The molecule has 0 bridgehead atoms. The predicted molar refractivity (Wildman–Crippen MR) is 93.6 cm³/mol. The smallest absolute Gasteiger partial charge is 0.239 e. The molecule has 2 amide bonds. The van der Waals surface area contributed by atoms with Gasteiger partial charge >= 0.3 is 0 Å². The van der Waals surface area contributed by atoms with Crippen molar-refractivity contribution in [3.8, 4) is 0 Å². The van der Waals surface area contributed by atoms with Gasteiger partial charge in [0.05, 0.1) is 10.0 Å². The number of piperazine rings is 1. The molecule has 2 aliphatic rings. The van der Waals surface area contributed by atoms with E-state index in [4.69, 9.17) is 23.2 Å². The molecule has 1 aromatic carbocycles. The summed E-state index contributed by atoms with van der Waals surface area (Å²) in [7, 11) is 0. The SMILES string of the molecule is Cl.O=C(C1CCN(c2ccc(Cl)c(Cl)c2)C1=O)N1CCNCC1. The molecule has 0 radical (unpaired) electrons. The molecule has 126 valence electrons. The topological polar surface area (TPSA) is 52.7 Å². The molecule has 0 aliphatic carbocycles. The predicted octanol–water partition coefficient (Wildman–Crippen LogP) is 2.20. The number of hydrogen-bond donors (Lipinski definition) is 1. The van der Waals surface area contributed by atoms with Crippen molar-refractivity contribution in [2.75, 3.05) is 37.6 Å².